The fraction of sp³-hybridized carbons (Fsp3) is 0.200. The van der Waals surface area contributed by atoms with Crippen LogP contribution in [0.5, 0.6) is 5.75 Å². The van der Waals surface area contributed by atoms with Gasteiger partial charge in [0.25, 0.3) is 0 Å². The lowest BCUT2D eigenvalue weighted by atomic mass is 10.0. The third-order valence-electron chi connectivity index (χ3n) is 4.49. The minimum absolute atomic E-state index is 0. The predicted octanol–water partition coefficient (Wildman–Crippen LogP) is -2.64. The summed E-state index contributed by atoms with van der Waals surface area (Å²) in [6.07, 6.45) is 0. The normalized spacial score (nSPS) is 11.6. The number of pyridine rings is 1. The maximum atomic E-state index is 13.0. The van der Waals surface area contributed by atoms with Crippen LogP contribution in [0.1, 0.15) is 18.8 Å². The molecule has 3 aromatic rings. The average Bonchev–Trinajstić information content (AvgIpc) is 2.88. The Bertz CT molecular complexity index is 1020. The van der Waals surface area contributed by atoms with Crippen LogP contribution in [0.25, 0.3) is 22.0 Å². The molecule has 0 saturated carbocycles. The number of carbonyl (C=O) groups excluding carboxylic acids is 1. The fourth-order valence-corrected chi connectivity index (χ4v) is 3.31. The number of phenolic OH excluding ortho intramolecular Hbond substituents is 1. The van der Waals surface area contributed by atoms with E-state index in [4.69, 9.17) is 0 Å². The summed E-state index contributed by atoms with van der Waals surface area (Å²) in [5.41, 5.74) is 3.83. The molecule has 0 spiro atoms. The Labute approximate surface area is 173 Å². The molecule has 2 N–H and O–H groups in total. The SMILES string of the molecule is CN(C)CCNc1nc2cc(O)ccc2c2c1C(=O)c1ccccc1-2.[Cl-].[Cl-].[H+].[H+]. The molecule has 1 heterocycles. The molecule has 0 saturated heterocycles. The Hall–Kier alpha value is -2.34. The molecule has 1 aliphatic rings. The monoisotopic (exact) mass is 405 g/mol. The minimum Gasteiger partial charge on any atom is -1.00 e. The van der Waals surface area contributed by atoms with Crippen LogP contribution < -0.4 is 30.1 Å². The molecule has 0 bridgehead atoms. The van der Waals surface area contributed by atoms with Crippen LogP contribution in [0.3, 0.4) is 0 Å². The van der Waals surface area contributed by atoms with Crippen molar-refractivity contribution in [3.8, 4) is 16.9 Å². The van der Waals surface area contributed by atoms with Gasteiger partial charge in [-0.05, 0) is 31.8 Å². The van der Waals surface area contributed by atoms with Gasteiger partial charge in [-0.15, -0.1) is 0 Å². The van der Waals surface area contributed by atoms with E-state index >= 15 is 0 Å². The maximum Gasteiger partial charge on any atom is 1.00 e. The van der Waals surface area contributed by atoms with E-state index in [2.05, 4.69) is 15.2 Å². The highest BCUT2D eigenvalue weighted by molar-refractivity contribution is 6.28. The minimum atomic E-state index is 0. The number of hydrogen-bond acceptors (Lipinski definition) is 5. The van der Waals surface area contributed by atoms with E-state index in [1.807, 2.05) is 44.4 Å². The zero-order valence-corrected chi connectivity index (χ0v) is 16.5. The Morgan fingerprint density at radius 1 is 1.07 bits per heavy atom. The van der Waals surface area contributed by atoms with E-state index in [1.165, 1.54) is 0 Å². The van der Waals surface area contributed by atoms with E-state index in [0.717, 1.165) is 23.1 Å². The van der Waals surface area contributed by atoms with Crippen LogP contribution in [0.4, 0.5) is 5.82 Å². The number of halogens is 2. The molecular weight excluding hydrogens is 385 g/mol. The second-order valence-corrected chi connectivity index (χ2v) is 6.52. The number of fused-ring (bicyclic) bond motifs is 5. The van der Waals surface area contributed by atoms with Crippen LogP contribution >= 0.6 is 0 Å². The highest BCUT2D eigenvalue weighted by atomic mass is 35.5. The predicted molar refractivity (Wildman–Crippen MR) is 102 cm³/mol. The van der Waals surface area contributed by atoms with Crippen LogP contribution in [0, 0.1) is 0 Å². The summed E-state index contributed by atoms with van der Waals surface area (Å²) in [6.45, 7) is 1.51. The highest BCUT2D eigenvalue weighted by Crippen LogP contribution is 2.44. The molecule has 1 aliphatic carbocycles. The molecule has 0 aliphatic heterocycles. The van der Waals surface area contributed by atoms with Gasteiger partial charge in [0.15, 0.2) is 5.78 Å². The first kappa shape index (κ1) is 21.0. The Morgan fingerprint density at radius 3 is 2.48 bits per heavy atom. The lowest BCUT2D eigenvalue weighted by molar-refractivity contribution is -0.00100. The number of likely N-dealkylation sites (N-methyl/N-ethyl adjacent to an activating group) is 1. The second kappa shape index (κ2) is 8.13. The summed E-state index contributed by atoms with van der Waals surface area (Å²) in [5, 5.41) is 14.0. The molecule has 2 aromatic carbocycles. The van der Waals surface area contributed by atoms with Crippen molar-refractivity contribution >= 4 is 22.5 Å². The number of aromatic hydroxyl groups is 1. The third-order valence-corrected chi connectivity index (χ3v) is 4.49. The Balaban J connectivity index is 0.00000196. The first-order chi connectivity index (χ1) is 12.1. The maximum absolute atomic E-state index is 13.0. The number of hydrogen-bond donors (Lipinski definition) is 2. The zero-order valence-electron chi connectivity index (χ0n) is 17.0. The molecule has 1 aromatic heterocycles. The lowest BCUT2D eigenvalue weighted by Gasteiger charge is -2.15. The number of nitrogens with one attached hydrogen (secondary N) is 1. The topological polar surface area (TPSA) is 65.5 Å². The molecule has 4 rings (SSSR count). The molecule has 0 fully saturated rings. The van der Waals surface area contributed by atoms with Gasteiger partial charge in [0.05, 0.1) is 11.1 Å². The van der Waals surface area contributed by atoms with Gasteiger partial charge in [-0.3, -0.25) is 4.79 Å². The van der Waals surface area contributed by atoms with Crippen LogP contribution in [0.2, 0.25) is 0 Å². The second-order valence-electron chi connectivity index (χ2n) is 6.52. The summed E-state index contributed by atoms with van der Waals surface area (Å²) in [5.74, 6) is 0.744. The van der Waals surface area contributed by atoms with Crippen molar-refractivity contribution in [2.45, 2.75) is 0 Å². The standard InChI is InChI=1S/C20H19N3O2.2ClH/c1-23(2)10-9-21-20-18-17(13-5-3-4-6-14(13)19(18)25)15-8-7-12(24)11-16(15)22-20;;/h3-8,11,24H,9-10H2,1-2H3,(H,21,22);2*1H. The number of phenols is 1. The molecule has 7 heteroatoms. The van der Waals surface area contributed by atoms with E-state index in [9.17, 15) is 9.90 Å². The molecular formula is C20H21Cl2N3O2. The lowest BCUT2D eigenvalue weighted by Crippen LogP contribution is -3.00. The van der Waals surface area contributed by atoms with Gasteiger partial charge < -0.3 is 40.1 Å². The number of rotatable bonds is 4. The van der Waals surface area contributed by atoms with Crippen molar-refractivity contribution in [3.63, 3.8) is 0 Å². The molecule has 0 radical (unpaired) electrons. The van der Waals surface area contributed by atoms with Crippen LogP contribution in [0.15, 0.2) is 42.5 Å². The first-order valence-corrected chi connectivity index (χ1v) is 8.25. The van der Waals surface area contributed by atoms with Crippen molar-refractivity contribution in [2.75, 3.05) is 32.5 Å². The smallest absolute Gasteiger partial charge is 1.00 e. The van der Waals surface area contributed by atoms with Gasteiger partial charge in [-0.1, -0.05) is 24.3 Å². The number of anilines is 1. The molecule has 0 atom stereocenters. The van der Waals surface area contributed by atoms with Gasteiger partial charge >= 0.3 is 2.85 Å². The zero-order chi connectivity index (χ0) is 17.6. The number of nitrogens with zero attached hydrogens (tertiary/aromatic N) is 2. The van der Waals surface area contributed by atoms with Gasteiger partial charge in [0, 0.05) is 35.7 Å². The van der Waals surface area contributed by atoms with Crippen molar-refractivity contribution < 1.29 is 37.6 Å². The molecule has 142 valence electrons. The number of aromatic nitrogens is 1. The van der Waals surface area contributed by atoms with Gasteiger partial charge in [-0.25, -0.2) is 4.98 Å². The summed E-state index contributed by atoms with van der Waals surface area (Å²) >= 11 is 0. The third kappa shape index (κ3) is 3.58. The van der Waals surface area contributed by atoms with E-state index in [0.29, 0.717) is 29.0 Å². The van der Waals surface area contributed by atoms with Crippen LogP contribution in [-0.4, -0.2) is 48.0 Å². The first-order valence-electron chi connectivity index (χ1n) is 8.25. The number of benzene rings is 2. The van der Waals surface area contributed by atoms with Crippen molar-refractivity contribution in [1.29, 1.82) is 0 Å². The molecule has 5 nitrogen and oxygen atoms in total. The van der Waals surface area contributed by atoms with E-state index in [1.54, 1.807) is 12.1 Å². The Morgan fingerprint density at radius 2 is 1.78 bits per heavy atom. The Kier molecular flexibility index (Phi) is 6.31. The summed E-state index contributed by atoms with van der Waals surface area (Å²) in [4.78, 5) is 19.7. The van der Waals surface area contributed by atoms with E-state index < -0.39 is 0 Å². The average molecular weight is 406 g/mol. The number of ketones is 1. The quantitative estimate of drug-likeness (QED) is 0.388. The van der Waals surface area contributed by atoms with Gasteiger partial charge in [-0.2, -0.15) is 0 Å². The molecule has 27 heavy (non-hydrogen) atoms. The fourth-order valence-electron chi connectivity index (χ4n) is 3.31. The van der Waals surface area contributed by atoms with Crippen LogP contribution in [-0.2, 0) is 0 Å². The highest BCUT2D eigenvalue weighted by Gasteiger charge is 2.31. The van der Waals surface area contributed by atoms with E-state index in [-0.39, 0.29) is 39.2 Å². The van der Waals surface area contributed by atoms with Gasteiger partial charge in [0.1, 0.15) is 11.6 Å². The number of carbonyl (C=O) groups is 1. The van der Waals surface area contributed by atoms with Crippen molar-refractivity contribution in [3.05, 3.63) is 53.6 Å². The summed E-state index contributed by atoms with van der Waals surface area (Å²) < 4.78 is 0. The van der Waals surface area contributed by atoms with Gasteiger partial charge in [0.2, 0.25) is 0 Å². The van der Waals surface area contributed by atoms with Crippen molar-refractivity contribution in [1.82, 2.24) is 9.88 Å². The van der Waals surface area contributed by atoms with Crippen molar-refractivity contribution in [2.24, 2.45) is 0 Å². The largest absolute Gasteiger partial charge is 1.00 e. The molecule has 0 unspecified atom stereocenters. The summed E-state index contributed by atoms with van der Waals surface area (Å²) in [6, 6.07) is 12.7. The molecule has 0 amide bonds. The summed E-state index contributed by atoms with van der Waals surface area (Å²) in [7, 11) is 4.00.